The quantitative estimate of drug-likeness (QED) is 0.603. The zero-order valence-electron chi connectivity index (χ0n) is 17.8. The van der Waals surface area contributed by atoms with E-state index in [1.807, 2.05) is 11.0 Å². The lowest BCUT2D eigenvalue weighted by atomic mass is 10.0. The molecule has 166 valence electrons. The Kier molecular flexibility index (Phi) is 5.12. The van der Waals surface area contributed by atoms with Crippen molar-refractivity contribution in [1.82, 2.24) is 24.9 Å². The maximum atomic E-state index is 13.9. The van der Waals surface area contributed by atoms with E-state index >= 15 is 0 Å². The van der Waals surface area contributed by atoms with Gasteiger partial charge in [0, 0.05) is 56.2 Å². The van der Waals surface area contributed by atoms with Crippen LogP contribution in [0.4, 0.5) is 10.2 Å². The molecule has 10 heteroatoms. The van der Waals surface area contributed by atoms with Crippen molar-refractivity contribution in [2.75, 3.05) is 45.3 Å². The molecular weight excluding hydrogens is 415 g/mol. The highest BCUT2D eigenvalue weighted by Gasteiger charge is 2.42. The summed E-state index contributed by atoms with van der Waals surface area (Å²) < 4.78 is 24.5. The molecule has 0 radical (unpaired) electrons. The number of likely N-dealkylation sites (tertiary alicyclic amines) is 1. The van der Waals surface area contributed by atoms with Crippen molar-refractivity contribution in [1.29, 1.82) is 0 Å². The van der Waals surface area contributed by atoms with Crippen molar-refractivity contribution in [3.05, 3.63) is 54.1 Å². The third-order valence-corrected chi connectivity index (χ3v) is 6.13. The largest absolute Gasteiger partial charge is 0.496 e. The Morgan fingerprint density at radius 3 is 2.38 bits per heavy atom. The molecule has 0 saturated carbocycles. The molecule has 4 heterocycles. The van der Waals surface area contributed by atoms with Gasteiger partial charge in [-0.15, -0.1) is 0 Å². The van der Waals surface area contributed by atoms with Crippen molar-refractivity contribution in [3.8, 4) is 17.3 Å². The van der Waals surface area contributed by atoms with Crippen LogP contribution in [0.3, 0.4) is 0 Å². The second kappa shape index (κ2) is 8.10. The predicted molar refractivity (Wildman–Crippen MR) is 114 cm³/mol. The minimum absolute atomic E-state index is 0.139. The molecule has 1 aromatic carbocycles. The fraction of sp³-hybridized carbons (Fsp3) is 0.364. The minimum Gasteiger partial charge on any atom is -0.496 e. The number of ether oxygens (including phenoxy) is 2. The van der Waals surface area contributed by atoms with Crippen molar-refractivity contribution in [2.24, 2.45) is 11.8 Å². The van der Waals surface area contributed by atoms with Crippen LogP contribution in [0.15, 0.2) is 42.7 Å². The van der Waals surface area contributed by atoms with Crippen LogP contribution in [0.2, 0.25) is 0 Å². The number of anilines is 1. The lowest BCUT2D eigenvalue weighted by molar-refractivity contribution is 0.0782. The number of hydrogen-bond donors (Lipinski definition) is 0. The van der Waals surface area contributed by atoms with Gasteiger partial charge in [-0.2, -0.15) is 20.0 Å². The van der Waals surface area contributed by atoms with Gasteiger partial charge in [-0.1, -0.05) is 0 Å². The molecule has 3 aromatic rings. The van der Waals surface area contributed by atoms with Gasteiger partial charge in [-0.05, 0) is 12.1 Å². The molecule has 2 aliphatic rings. The Morgan fingerprint density at radius 1 is 1.00 bits per heavy atom. The smallest absolute Gasteiger partial charge is 0.256 e. The number of pyridine rings is 1. The second-order valence-corrected chi connectivity index (χ2v) is 8.02. The normalized spacial score (nSPS) is 19.8. The van der Waals surface area contributed by atoms with Gasteiger partial charge < -0.3 is 19.3 Å². The van der Waals surface area contributed by atoms with Gasteiger partial charge in [0.25, 0.3) is 5.91 Å². The number of carbonyl (C=O) groups is 1. The SMILES string of the molecule is COc1cc(OC)nc(N2CC3CN(C(=O)c4ccc(F)cc4-n4nccn4)CC3C2)c1. The van der Waals surface area contributed by atoms with Gasteiger partial charge in [-0.25, -0.2) is 4.39 Å². The molecule has 2 aromatic heterocycles. The summed E-state index contributed by atoms with van der Waals surface area (Å²) in [7, 11) is 3.19. The lowest BCUT2D eigenvalue weighted by Crippen LogP contribution is -2.34. The summed E-state index contributed by atoms with van der Waals surface area (Å²) in [5.41, 5.74) is 0.727. The number of aromatic nitrogens is 4. The first kappa shape index (κ1) is 20.2. The maximum Gasteiger partial charge on any atom is 0.256 e. The van der Waals surface area contributed by atoms with Crippen LogP contribution in [0.25, 0.3) is 5.69 Å². The zero-order chi connectivity index (χ0) is 22.2. The second-order valence-electron chi connectivity index (χ2n) is 8.02. The van der Waals surface area contributed by atoms with E-state index in [1.54, 1.807) is 20.3 Å². The van der Waals surface area contributed by atoms with Gasteiger partial charge in [0.05, 0.1) is 32.2 Å². The Labute approximate surface area is 184 Å². The van der Waals surface area contributed by atoms with Crippen LogP contribution in [0.5, 0.6) is 11.6 Å². The number of carbonyl (C=O) groups excluding carboxylic acids is 1. The summed E-state index contributed by atoms with van der Waals surface area (Å²) in [6.45, 7) is 2.83. The van der Waals surface area contributed by atoms with Gasteiger partial charge in [0.2, 0.25) is 5.88 Å². The van der Waals surface area contributed by atoms with Crippen molar-refractivity contribution >= 4 is 11.7 Å². The van der Waals surface area contributed by atoms with Gasteiger partial charge in [0.1, 0.15) is 23.1 Å². The Hall–Kier alpha value is -3.69. The fourth-order valence-electron chi connectivity index (χ4n) is 4.56. The summed E-state index contributed by atoms with van der Waals surface area (Å²) in [4.78, 5) is 23.2. The van der Waals surface area contributed by atoms with Crippen LogP contribution in [0, 0.1) is 17.7 Å². The molecule has 2 unspecified atom stereocenters. The molecule has 0 spiro atoms. The van der Waals surface area contributed by atoms with E-state index in [0.29, 0.717) is 47.8 Å². The molecule has 2 fully saturated rings. The molecule has 0 N–H and O–H groups in total. The van der Waals surface area contributed by atoms with Crippen LogP contribution in [0.1, 0.15) is 10.4 Å². The number of halogens is 1. The van der Waals surface area contributed by atoms with Crippen LogP contribution in [-0.4, -0.2) is 71.2 Å². The highest BCUT2D eigenvalue weighted by Crippen LogP contribution is 2.36. The summed E-state index contributed by atoms with van der Waals surface area (Å²) in [5.74, 6) is 2.07. The molecule has 1 amide bonds. The first-order chi connectivity index (χ1) is 15.6. The Balaban J connectivity index is 1.32. The number of nitrogens with zero attached hydrogens (tertiary/aromatic N) is 6. The highest BCUT2D eigenvalue weighted by molar-refractivity contribution is 5.98. The van der Waals surface area contributed by atoms with E-state index in [1.165, 1.54) is 35.4 Å². The van der Waals surface area contributed by atoms with Crippen molar-refractivity contribution in [3.63, 3.8) is 0 Å². The first-order valence-corrected chi connectivity index (χ1v) is 10.4. The zero-order valence-corrected chi connectivity index (χ0v) is 17.8. The predicted octanol–water partition coefficient (Wildman–Crippen LogP) is 2.03. The average molecular weight is 438 g/mol. The molecule has 2 saturated heterocycles. The number of amides is 1. The Morgan fingerprint density at radius 2 is 1.72 bits per heavy atom. The molecular formula is C22H23FN6O3. The van der Waals surface area contributed by atoms with E-state index in [0.717, 1.165) is 18.9 Å². The summed E-state index contributed by atoms with van der Waals surface area (Å²) in [6, 6.07) is 7.72. The number of methoxy groups -OCH3 is 2. The number of benzene rings is 1. The van der Waals surface area contributed by atoms with Crippen LogP contribution < -0.4 is 14.4 Å². The molecule has 9 nitrogen and oxygen atoms in total. The maximum absolute atomic E-state index is 13.9. The molecule has 0 bridgehead atoms. The summed E-state index contributed by atoms with van der Waals surface area (Å²) in [6.07, 6.45) is 2.99. The van der Waals surface area contributed by atoms with Crippen molar-refractivity contribution in [2.45, 2.75) is 0 Å². The molecule has 0 aliphatic carbocycles. The lowest BCUT2D eigenvalue weighted by Gasteiger charge is -2.23. The van der Waals surface area contributed by atoms with Crippen molar-refractivity contribution < 1.29 is 18.7 Å². The third-order valence-electron chi connectivity index (χ3n) is 6.13. The molecule has 2 atom stereocenters. The average Bonchev–Trinajstić information content (AvgIpc) is 3.54. The minimum atomic E-state index is -0.441. The first-order valence-electron chi connectivity index (χ1n) is 10.4. The van der Waals surface area contributed by atoms with Gasteiger partial charge in [-0.3, -0.25) is 4.79 Å². The monoisotopic (exact) mass is 438 g/mol. The highest BCUT2D eigenvalue weighted by atomic mass is 19.1. The van der Waals surface area contributed by atoms with Gasteiger partial charge >= 0.3 is 0 Å². The third kappa shape index (κ3) is 3.61. The molecule has 32 heavy (non-hydrogen) atoms. The van der Waals surface area contributed by atoms with E-state index in [-0.39, 0.29) is 5.91 Å². The number of rotatable bonds is 5. The van der Waals surface area contributed by atoms with E-state index in [4.69, 9.17) is 9.47 Å². The topological polar surface area (TPSA) is 85.6 Å². The van der Waals surface area contributed by atoms with Crippen LogP contribution in [-0.2, 0) is 0 Å². The number of fused-ring (bicyclic) bond motifs is 1. The van der Waals surface area contributed by atoms with E-state index in [9.17, 15) is 9.18 Å². The molecule has 5 rings (SSSR count). The van der Waals surface area contributed by atoms with Gasteiger partial charge in [0.15, 0.2) is 0 Å². The summed E-state index contributed by atoms with van der Waals surface area (Å²) in [5, 5.41) is 8.12. The molecule has 2 aliphatic heterocycles. The number of hydrogen-bond acceptors (Lipinski definition) is 7. The van der Waals surface area contributed by atoms with E-state index in [2.05, 4.69) is 20.1 Å². The van der Waals surface area contributed by atoms with Crippen LogP contribution >= 0.6 is 0 Å². The summed E-state index contributed by atoms with van der Waals surface area (Å²) >= 11 is 0. The fourth-order valence-corrected chi connectivity index (χ4v) is 4.56. The van der Waals surface area contributed by atoms with E-state index < -0.39 is 5.82 Å². The standard InChI is InChI=1S/C22H23FN6O3/c1-31-17-8-20(26-21(9-17)32-2)27-10-14-12-28(13-15(14)11-27)22(30)18-4-3-16(23)7-19(18)29-24-5-6-25-29/h3-9,14-15H,10-13H2,1-2H3. The Bertz CT molecular complexity index is 1100.